The highest BCUT2D eigenvalue weighted by atomic mass is 16.6. The van der Waals surface area contributed by atoms with Crippen LogP contribution in [0.25, 0.3) is 0 Å². The number of carbonyl (C=O) groups excluding carboxylic acids is 2. The summed E-state index contributed by atoms with van der Waals surface area (Å²) in [5, 5.41) is 0. The van der Waals surface area contributed by atoms with Gasteiger partial charge < -0.3 is 18.9 Å². The van der Waals surface area contributed by atoms with Crippen LogP contribution < -0.4 is 14.2 Å². The van der Waals surface area contributed by atoms with Crippen molar-refractivity contribution in [2.75, 3.05) is 26.9 Å². The Kier molecular flexibility index (Phi) is 6.21. The lowest BCUT2D eigenvalue weighted by Gasteiger charge is -2.47. The third kappa shape index (κ3) is 3.65. The molecule has 4 rings (SSSR count). The molecule has 0 N–H and O–H groups in total. The molecule has 0 radical (unpaired) electrons. The number of esters is 1. The van der Waals surface area contributed by atoms with E-state index < -0.39 is 0 Å². The average Bonchev–Trinajstić information content (AvgIpc) is 2.79. The molecule has 1 atom stereocenters. The first-order chi connectivity index (χ1) is 14.6. The quantitative estimate of drug-likeness (QED) is 0.670. The smallest absolute Gasteiger partial charge is 0.308 e. The van der Waals surface area contributed by atoms with Crippen LogP contribution in [0.1, 0.15) is 63.9 Å². The Bertz CT molecular complexity index is 793. The molecule has 0 bridgehead atoms. The Balaban J connectivity index is 1.74. The highest BCUT2D eigenvalue weighted by Gasteiger charge is 2.50. The fourth-order valence-corrected chi connectivity index (χ4v) is 5.67. The molecule has 6 heteroatoms. The minimum atomic E-state index is -0.336. The Morgan fingerprint density at radius 3 is 2.50 bits per heavy atom. The summed E-state index contributed by atoms with van der Waals surface area (Å²) in [6, 6.07) is 3.98. The molecule has 2 saturated carbocycles. The maximum Gasteiger partial charge on any atom is 0.308 e. The van der Waals surface area contributed by atoms with Gasteiger partial charge in [-0.15, -0.1) is 0 Å². The van der Waals surface area contributed by atoms with E-state index in [-0.39, 0.29) is 23.2 Å². The Morgan fingerprint density at radius 2 is 1.83 bits per heavy atom. The molecule has 6 nitrogen and oxygen atoms in total. The van der Waals surface area contributed by atoms with Gasteiger partial charge in [0, 0.05) is 23.3 Å². The van der Waals surface area contributed by atoms with Crippen molar-refractivity contribution in [3.05, 3.63) is 17.7 Å². The van der Waals surface area contributed by atoms with Gasteiger partial charge in [-0.05, 0) is 51.5 Å². The number of hydrogen-bond donors (Lipinski definition) is 0. The SMILES string of the molecule is CCOC(=O)C1CCC(c2ccc(OC)c3c2OCCO3)(C2CCCCC2=O)CC1. The summed E-state index contributed by atoms with van der Waals surface area (Å²) in [6.45, 7) is 3.20. The summed E-state index contributed by atoms with van der Waals surface area (Å²) >= 11 is 0. The number of ether oxygens (including phenoxy) is 4. The van der Waals surface area contributed by atoms with Crippen LogP contribution in [0.5, 0.6) is 17.2 Å². The molecule has 1 heterocycles. The van der Waals surface area contributed by atoms with Crippen molar-refractivity contribution in [1.29, 1.82) is 0 Å². The van der Waals surface area contributed by atoms with E-state index in [4.69, 9.17) is 18.9 Å². The Morgan fingerprint density at radius 1 is 1.10 bits per heavy atom. The second-order valence-electron chi connectivity index (χ2n) is 8.62. The lowest BCUT2D eigenvalue weighted by Crippen LogP contribution is -2.45. The topological polar surface area (TPSA) is 71.1 Å². The summed E-state index contributed by atoms with van der Waals surface area (Å²) < 4.78 is 22.8. The fraction of sp³-hybridized carbons (Fsp3) is 0.667. The molecule has 2 aliphatic carbocycles. The van der Waals surface area contributed by atoms with Crippen LogP contribution in [0.4, 0.5) is 0 Å². The van der Waals surface area contributed by atoms with Gasteiger partial charge in [0.25, 0.3) is 0 Å². The molecule has 0 spiro atoms. The lowest BCUT2D eigenvalue weighted by molar-refractivity contribution is -0.149. The molecule has 2 fully saturated rings. The van der Waals surface area contributed by atoms with Crippen LogP contribution in [0.3, 0.4) is 0 Å². The van der Waals surface area contributed by atoms with E-state index in [0.717, 1.165) is 50.5 Å². The number of fused-ring (bicyclic) bond motifs is 1. The highest BCUT2D eigenvalue weighted by molar-refractivity contribution is 5.84. The molecule has 1 aromatic carbocycles. The fourth-order valence-electron chi connectivity index (χ4n) is 5.67. The van der Waals surface area contributed by atoms with Gasteiger partial charge in [0.05, 0.1) is 19.6 Å². The summed E-state index contributed by atoms with van der Waals surface area (Å²) in [5.74, 6) is 2.10. The molecular weight excluding hydrogens is 384 g/mol. The molecule has 164 valence electrons. The average molecular weight is 417 g/mol. The highest BCUT2D eigenvalue weighted by Crippen LogP contribution is 2.56. The van der Waals surface area contributed by atoms with Crippen LogP contribution in [-0.4, -0.2) is 38.7 Å². The van der Waals surface area contributed by atoms with E-state index in [2.05, 4.69) is 6.07 Å². The number of hydrogen-bond acceptors (Lipinski definition) is 6. The largest absolute Gasteiger partial charge is 0.493 e. The van der Waals surface area contributed by atoms with Crippen molar-refractivity contribution in [2.45, 2.75) is 63.7 Å². The number of rotatable bonds is 5. The van der Waals surface area contributed by atoms with E-state index in [1.54, 1.807) is 7.11 Å². The number of Topliss-reactive ketones (excluding diaryl/α,β-unsaturated/α-hetero) is 1. The van der Waals surface area contributed by atoms with Gasteiger partial charge in [0.1, 0.15) is 19.0 Å². The second kappa shape index (κ2) is 8.86. The molecule has 1 unspecified atom stereocenters. The maximum absolute atomic E-state index is 13.1. The van der Waals surface area contributed by atoms with E-state index in [9.17, 15) is 9.59 Å². The predicted octanol–water partition coefficient (Wildman–Crippen LogP) is 4.22. The zero-order valence-corrected chi connectivity index (χ0v) is 18.0. The molecule has 1 aromatic rings. The molecule has 0 saturated heterocycles. The van der Waals surface area contributed by atoms with Crippen LogP contribution in [-0.2, 0) is 19.7 Å². The third-order valence-corrected chi connectivity index (χ3v) is 7.13. The maximum atomic E-state index is 13.1. The van der Waals surface area contributed by atoms with E-state index in [1.807, 2.05) is 13.0 Å². The van der Waals surface area contributed by atoms with Gasteiger partial charge in [-0.2, -0.15) is 0 Å². The minimum Gasteiger partial charge on any atom is -0.493 e. The molecule has 3 aliphatic rings. The van der Waals surface area contributed by atoms with Crippen molar-refractivity contribution in [3.63, 3.8) is 0 Å². The monoisotopic (exact) mass is 416 g/mol. The van der Waals surface area contributed by atoms with Crippen LogP contribution in [0.15, 0.2) is 12.1 Å². The van der Waals surface area contributed by atoms with Crippen molar-refractivity contribution in [2.24, 2.45) is 11.8 Å². The summed E-state index contributed by atoms with van der Waals surface area (Å²) in [4.78, 5) is 25.4. The zero-order chi connectivity index (χ0) is 21.1. The van der Waals surface area contributed by atoms with Crippen LogP contribution in [0.2, 0.25) is 0 Å². The molecule has 1 aliphatic heterocycles. The van der Waals surface area contributed by atoms with E-state index >= 15 is 0 Å². The standard InChI is InChI=1S/C24H32O6/c1-3-28-23(26)16-10-12-24(13-11-16,17-6-4-5-7-19(17)25)18-8-9-20(27-2)22-21(18)29-14-15-30-22/h8-9,16-17H,3-7,10-15H2,1-2H3. The molecule has 0 amide bonds. The van der Waals surface area contributed by atoms with Gasteiger partial charge in [0.2, 0.25) is 5.75 Å². The van der Waals surface area contributed by atoms with E-state index in [0.29, 0.717) is 49.3 Å². The minimum absolute atomic E-state index is 0.0441. The normalized spacial score (nSPS) is 28.7. The van der Waals surface area contributed by atoms with Crippen LogP contribution >= 0.6 is 0 Å². The molecular formula is C24H32O6. The predicted molar refractivity (Wildman–Crippen MR) is 111 cm³/mol. The number of methoxy groups -OCH3 is 1. The second-order valence-corrected chi connectivity index (χ2v) is 8.62. The van der Waals surface area contributed by atoms with Crippen molar-refractivity contribution >= 4 is 11.8 Å². The van der Waals surface area contributed by atoms with Gasteiger partial charge in [0.15, 0.2) is 11.5 Å². The number of ketones is 1. The van der Waals surface area contributed by atoms with Gasteiger partial charge in [-0.1, -0.05) is 12.5 Å². The Hall–Kier alpha value is -2.24. The van der Waals surface area contributed by atoms with Gasteiger partial charge >= 0.3 is 5.97 Å². The van der Waals surface area contributed by atoms with Crippen molar-refractivity contribution in [3.8, 4) is 17.2 Å². The Labute approximate surface area is 178 Å². The van der Waals surface area contributed by atoms with Gasteiger partial charge in [-0.25, -0.2) is 0 Å². The first kappa shape index (κ1) is 21.0. The van der Waals surface area contributed by atoms with Gasteiger partial charge in [-0.3, -0.25) is 9.59 Å². The summed E-state index contributed by atoms with van der Waals surface area (Å²) in [5.41, 5.74) is 0.706. The summed E-state index contributed by atoms with van der Waals surface area (Å²) in [7, 11) is 1.62. The van der Waals surface area contributed by atoms with Crippen molar-refractivity contribution < 1.29 is 28.5 Å². The zero-order valence-electron chi connectivity index (χ0n) is 18.0. The summed E-state index contributed by atoms with van der Waals surface area (Å²) in [6.07, 6.45) is 6.57. The first-order valence-corrected chi connectivity index (χ1v) is 11.3. The third-order valence-electron chi connectivity index (χ3n) is 7.13. The van der Waals surface area contributed by atoms with E-state index in [1.165, 1.54) is 0 Å². The first-order valence-electron chi connectivity index (χ1n) is 11.3. The van der Waals surface area contributed by atoms with Crippen LogP contribution in [0, 0.1) is 11.8 Å². The number of carbonyl (C=O) groups is 2. The molecule has 30 heavy (non-hydrogen) atoms. The lowest BCUT2D eigenvalue weighted by atomic mass is 9.56. The van der Waals surface area contributed by atoms with Crippen molar-refractivity contribution in [1.82, 2.24) is 0 Å². The number of benzene rings is 1. The molecule has 0 aromatic heterocycles.